The molecule has 8 heteroatoms. The first-order valence-corrected chi connectivity index (χ1v) is 13.2. The van der Waals surface area contributed by atoms with Crippen LogP contribution in [0.1, 0.15) is 41.6 Å². The predicted molar refractivity (Wildman–Crippen MR) is 150 cm³/mol. The molecule has 1 aromatic heterocycles. The Kier molecular flexibility index (Phi) is 8.40. The molecule has 0 saturated heterocycles. The van der Waals surface area contributed by atoms with E-state index in [1.165, 1.54) is 11.8 Å². The number of aryl methyl sites for hydroxylation is 1. The number of nitrogens with one attached hydrogen (secondary N) is 2. The third-order valence-electron chi connectivity index (χ3n) is 5.97. The number of nitrogens with zero attached hydrogens (tertiary/aromatic N) is 3. The summed E-state index contributed by atoms with van der Waals surface area (Å²) in [5.41, 5.74) is 2.43. The highest BCUT2D eigenvalue weighted by Gasteiger charge is 2.26. The van der Waals surface area contributed by atoms with Gasteiger partial charge in [-0.1, -0.05) is 79.7 Å². The Bertz CT molecular complexity index is 1410. The van der Waals surface area contributed by atoms with Crippen LogP contribution in [-0.2, 0) is 11.3 Å². The molecule has 2 amide bonds. The molecule has 0 bridgehead atoms. The number of amides is 2. The molecule has 0 fully saturated rings. The summed E-state index contributed by atoms with van der Waals surface area (Å²) < 4.78 is 1.90. The SMILES string of the molecule is C=CCn1c(SCC(=O)Nc2ccc3ccccc3c2)nnc1[C@H](NC(=O)c1ccc(C)cc1)C(C)C. The van der Waals surface area contributed by atoms with E-state index in [9.17, 15) is 9.59 Å². The minimum absolute atomic E-state index is 0.0659. The van der Waals surface area contributed by atoms with Crippen molar-refractivity contribution in [3.8, 4) is 0 Å². The Labute approximate surface area is 221 Å². The van der Waals surface area contributed by atoms with Gasteiger partial charge in [-0.05, 0) is 47.9 Å². The molecule has 2 N–H and O–H groups in total. The third kappa shape index (κ3) is 6.46. The topological polar surface area (TPSA) is 88.9 Å². The first-order valence-electron chi connectivity index (χ1n) is 12.2. The Hall–Kier alpha value is -3.91. The molecule has 0 unspecified atom stereocenters. The van der Waals surface area contributed by atoms with Gasteiger partial charge in [-0.25, -0.2) is 0 Å². The second kappa shape index (κ2) is 11.9. The number of carbonyl (C=O) groups is 2. The molecular formula is C29H31N5O2S. The van der Waals surface area contributed by atoms with E-state index in [2.05, 4.69) is 27.4 Å². The summed E-state index contributed by atoms with van der Waals surface area (Å²) in [7, 11) is 0. The number of aromatic nitrogens is 3. The fraction of sp³-hybridized carbons (Fsp3) is 0.241. The Balaban J connectivity index is 1.46. The van der Waals surface area contributed by atoms with E-state index < -0.39 is 0 Å². The second-order valence-electron chi connectivity index (χ2n) is 9.20. The maximum Gasteiger partial charge on any atom is 0.251 e. The lowest BCUT2D eigenvalue weighted by Gasteiger charge is -2.22. The summed E-state index contributed by atoms with van der Waals surface area (Å²) in [5.74, 6) is 0.562. The van der Waals surface area contributed by atoms with Crippen LogP contribution in [-0.4, -0.2) is 32.3 Å². The van der Waals surface area contributed by atoms with Gasteiger partial charge < -0.3 is 15.2 Å². The monoisotopic (exact) mass is 513 g/mol. The van der Waals surface area contributed by atoms with Gasteiger partial charge in [-0.3, -0.25) is 9.59 Å². The van der Waals surface area contributed by atoms with Crippen LogP contribution in [0.25, 0.3) is 10.8 Å². The summed E-state index contributed by atoms with van der Waals surface area (Å²) in [6.07, 6.45) is 1.76. The lowest BCUT2D eigenvalue weighted by molar-refractivity contribution is -0.113. The van der Waals surface area contributed by atoms with Gasteiger partial charge in [0.2, 0.25) is 5.91 Å². The second-order valence-corrected chi connectivity index (χ2v) is 10.1. The van der Waals surface area contributed by atoms with Gasteiger partial charge in [-0.2, -0.15) is 0 Å². The Morgan fingerprint density at radius 1 is 1.03 bits per heavy atom. The Morgan fingerprint density at radius 2 is 1.76 bits per heavy atom. The summed E-state index contributed by atoms with van der Waals surface area (Å²) in [5, 5.41) is 17.6. The molecule has 1 heterocycles. The van der Waals surface area contributed by atoms with Gasteiger partial charge in [0.1, 0.15) is 0 Å². The number of allylic oxidation sites excluding steroid dienone is 1. The first-order chi connectivity index (χ1) is 17.9. The number of anilines is 1. The van der Waals surface area contributed by atoms with E-state index >= 15 is 0 Å². The van der Waals surface area contributed by atoms with Crippen molar-refractivity contribution < 1.29 is 9.59 Å². The van der Waals surface area contributed by atoms with E-state index in [1.807, 2.05) is 92.1 Å². The smallest absolute Gasteiger partial charge is 0.251 e. The lowest BCUT2D eigenvalue weighted by atomic mass is 10.0. The van der Waals surface area contributed by atoms with Gasteiger partial charge >= 0.3 is 0 Å². The zero-order valence-electron chi connectivity index (χ0n) is 21.3. The standard InChI is InChI=1S/C29H31N5O2S/c1-5-16-34-27(26(19(2)3)31-28(36)22-12-10-20(4)11-13-22)32-33-29(34)37-18-25(35)30-24-15-14-21-8-6-7-9-23(21)17-24/h5-15,17,19,26H,1,16,18H2,2-4H3,(H,30,35)(H,31,36)/t26-/m1/s1. The molecule has 0 aliphatic rings. The van der Waals surface area contributed by atoms with Crippen molar-refractivity contribution in [3.63, 3.8) is 0 Å². The lowest BCUT2D eigenvalue weighted by Crippen LogP contribution is -2.33. The minimum atomic E-state index is -0.359. The largest absolute Gasteiger partial charge is 0.342 e. The predicted octanol–water partition coefficient (Wildman–Crippen LogP) is 5.78. The summed E-state index contributed by atoms with van der Waals surface area (Å²) in [6.45, 7) is 10.4. The molecule has 0 aliphatic carbocycles. The molecule has 7 nitrogen and oxygen atoms in total. The summed E-state index contributed by atoms with van der Waals surface area (Å²) in [4.78, 5) is 25.6. The summed E-state index contributed by atoms with van der Waals surface area (Å²) >= 11 is 1.30. The summed E-state index contributed by atoms with van der Waals surface area (Å²) in [6, 6.07) is 20.9. The van der Waals surface area contributed by atoms with Gasteiger partial charge in [-0.15, -0.1) is 16.8 Å². The van der Waals surface area contributed by atoms with Crippen LogP contribution in [0.2, 0.25) is 0 Å². The number of rotatable bonds is 10. The molecule has 0 aliphatic heterocycles. The number of benzene rings is 3. The van der Waals surface area contributed by atoms with Crippen LogP contribution < -0.4 is 10.6 Å². The fourth-order valence-electron chi connectivity index (χ4n) is 3.99. The van der Waals surface area contributed by atoms with Crippen LogP contribution in [0.4, 0.5) is 5.69 Å². The van der Waals surface area contributed by atoms with E-state index in [4.69, 9.17) is 0 Å². The maximum atomic E-state index is 12.9. The van der Waals surface area contributed by atoms with Crippen LogP contribution in [0.5, 0.6) is 0 Å². The molecule has 3 aromatic carbocycles. The number of fused-ring (bicyclic) bond motifs is 1. The molecule has 190 valence electrons. The van der Waals surface area contributed by atoms with Crippen molar-refractivity contribution in [2.24, 2.45) is 5.92 Å². The first kappa shape index (κ1) is 26.2. The maximum absolute atomic E-state index is 12.9. The quantitative estimate of drug-likeness (QED) is 0.207. The number of hydrogen-bond donors (Lipinski definition) is 2. The average molecular weight is 514 g/mol. The highest BCUT2D eigenvalue weighted by Crippen LogP contribution is 2.26. The molecule has 0 saturated carbocycles. The Morgan fingerprint density at radius 3 is 2.46 bits per heavy atom. The van der Waals surface area contributed by atoms with Gasteiger partial charge in [0.25, 0.3) is 5.91 Å². The van der Waals surface area contributed by atoms with E-state index in [1.54, 1.807) is 6.08 Å². The van der Waals surface area contributed by atoms with E-state index in [0.717, 1.165) is 22.0 Å². The third-order valence-corrected chi connectivity index (χ3v) is 6.93. The van der Waals surface area contributed by atoms with E-state index in [-0.39, 0.29) is 29.5 Å². The highest BCUT2D eigenvalue weighted by molar-refractivity contribution is 7.99. The van der Waals surface area contributed by atoms with Crippen LogP contribution in [0.3, 0.4) is 0 Å². The van der Waals surface area contributed by atoms with Crippen molar-refractivity contribution in [3.05, 3.63) is 96.3 Å². The van der Waals surface area contributed by atoms with Crippen LogP contribution in [0.15, 0.2) is 84.5 Å². The van der Waals surface area contributed by atoms with Gasteiger partial charge in [0, 0.05) is 17.8 Å². The molecule has 4 rings (SSSR count). The highest BCUT2D eigenvalue weighted by atomic mass is 32.2. The van der Waals surface area contributed by atoms with Gasteiger partial charge in [0.05, 0.1) is 11.8 Å². The van der Waals surface area contributed by atoms with Crippen molar-refractivity contribution in [2.45, 2.75) is 38.5 Å². The normalized spacial score (nSPS) is 11.9. The molecule has 1 atom stereocenters. The molecule has 4 aromatic rings. The van der Waals surface area contributed by atoms with Crippen molar-refractivity contribution in [1.29, 1.82) is 0 Å². The van der Waals surface area contributed by atoms with E-state index in [0.29, 0.717) is 23.1 Å². The van der Waals surface area contributed by atoms with Crippen LogP contribution >= 0.6 is 11.8 Å². The average Bonchev–Trinajstić information content (AvgIpc) is 3.28. The number of hydrogen-bond acceptors (Lipinski definition) is 5. The number of thioether (sulfide) groups is 1. The van der Waals surface area contributed by atoms with Gasteiger partial charge in [0.15, 0.2) is 11.0 Å². The molecule has 0 spiro atoms. The zero-order chi connectivity index (χ0) is 26.4. The van der Waals surface area contributed by atoms with Crippen LogP contribution in [0, 0.1) is 12.8 Å². The van der Waals surface area contributed by atoms with Crippen molar-refractivity contribution in [1.82, 2.24) is 20.1 Å². The molecular weight excluding hydrogens is 482 g/mol. The van der Waals surface area contributed by atoms with Crippen molar-refractivity contribution >= 4 is 40.0 Å². The zero-order valence-corrected chi connectivity index (χ0v) is 22.1. The molecule has 0 radical (unpaired) electrons. The molecule has 37 heavy (non-hydrogen) atoms. The minimum Gasteiger partial charge on any atom is -0.342 e. The number of carbonyl (C=O) groups excluding carboxylic acids is 2. The van der Waals surface area contributed by atoms with Crippen molar-refractivity contribution in [2.75, 3.05) is 11.1 Å². The fourth-order valence-corrected chi connectivity index (χ4v) is 4.75.